The van der Waals surface area contributed by atoms with Gasteiger partial charge in [0.15, 0.2) is 0 Å². The highest BCUT2D eigenvalue weighted by Crippen LogP contribution is 2.23. The summed E-state index contributed by atoms with van der Waals surface area (Å²) in [5, 5.41) is 15.8. The summed E-state index contributed by atoms with van der Waals surface area (Å²) in [5.41, 5.74) is 1.77. The quantitative estimate of drug-likeness (QED) is 0.545. The van der Waals surface area contributed by atoms with Crippen LogP contribution in [0.2, 0.25) is 10.2 Å². The molecular formula is C15H12Cl2N6OS. The Balaban J connectivity index is 2.07. The highest BCUT2D eigenvalue weighted by atomic mass is 35.5. The van der Waals surface area contributed by atoms with E-state index in [0.717, 1.165) is 10.4 Å². The number of nitrogens with zero attached hydrogens (tertiary/aromatic N) is 5. The van der Waals surface area contributed by atoms with Gasteiger partial charge >= 0.3 is 0 Å². The lowest BCUT2D eigenvalue weighted by atomic mass is 10.3. The van der Waals surface area contributed by atoms with Crippen molar-refractivity contribution in [1.82, 2.24) is 24.7 Å². The number of aromatic amines is 1. The Kier molecular flexibility index (Phi) is 4.85. The number of hydrogen-bond donors (Lipinski definition) is 1. The maximum Gasteiger partial charge on any atom is 0.296 e. The first kappa shape index (κ1) is 17.5. The van der Waals surface area contributed by atoms with E-state index in [4.69, 9.17) is 35.4 Å². The Bertz CT molecular complexity index is 1100. The molecule has 0 spiro atoms. The van der Waals surface area contributed by atoms with Crippen LogP contribution < -0.4 is 5.56 Å². The summed E-state index contributed by atoms with van der Waals surface area (Å²) >= 11 is 17.5. The number of rotatable bonds is 3. The zero-order valence-corrected chi connectivity index (χ0v) is 15.5. The monoisotopic (exact) mass is 394 g/mol. The predicted molar refractivity (Wildman–Crippen MR) is 99.7 cm³/mol. The van der Waals surface area contributed by atoms with E-state index in [2.05, 4.69) is 20.4 Å². The van der Waals surface area contributed by atoms with Crippen LogP contribution in [-0.2, 0) is 0 Å². The molecule has 25 heavy (non-hydrogen) atoms. The van der Waals surface area contributed by atoms with Crippen LogP contribution in [0, 0.1) is 18.6 Å². The number of H-pyrrole nitrogens is 1. The number of halogens is 2. The Labute approximate surface area is 157 Å². The normalized spacial score (nSPS) is 11.4. The van der Waals surface area contributed by atoms with Crippen molar-refractivity contribution < 1.29 is 0 Å². The number of nitrogens with one attached hydrogen (secondary N) is 1. The van der Waals surface area contributed by atoms with Crippen molar-refractivity contribution in [2.24, 2.45) is 5.10 Å². The van der Waals surface area contributed by atoms with Gasteiger partial charge in [0.05, 0.1) is 23.2 Å². The molecule has 0 saturated carbocycles. The minimum absolute atomic E-state index is 0.0860. The van der Waals surface area contributed by atoms with Crippen molar-refractivity contribution in [3.63, 3.8) is 0 Å². The summed E-state index contributed by atoms with van der Waals surface area (Å²) in [6.07, 6.45) is 1.44. The van der Waals surface area contributed by atoms with Crippen LogP contribution in [-0.4, -0.2) is 30.9 Å². The van der Waals surface area contributed by atoms with Crippen molar-refractivity contribution in [3.05, 3.63) is 66.5 Å². The van der Waals surface area contributed by atoms with E-state index in [1.807, 2.05) is 6.07 Å². The van der Waals surface area contributed by atoms with E-state index in [1.165, 1.54) is 6.21 Å². The lowest BCUT2D eigenvalue weighted by Crippen LogP contribution is -2.22. The molecule has 0 saturated heterocycles. The van der Waals surface area contributed by atoms with Gasteiger partial charge in [-0.1, -0.05) is 29.3 Å². The van der Waals surface area contributed by atoms with Crippen molar-refractivity contribution >= 4 is 41.6 Å². The maximum absolute atomic E-state index is 12.1. The minimum Gasteiger partial charge on any atom is -0.265 e. The summed E-state index contributed by atoms with van der Waals surface area (Å²) in [6, 6.07) is 7.14. The lowest BCUT2D eigenvalue weighted by Gasteiger charge is -2.03. The molecule has 2 aromatic heterocycles. The third-order valence-corrected chi connectivity index (χ3v) is 4.28. The first-order valence-electron chi connectivity index (χ1n) is 7.12. The summed E-state index contributed by atoms with van der Waals surface area (Å²) in [6.45, 7) is 3.35. The van der Waals surface area contributed by atoms with Crippen LogP contribution in [0.3, 0.4) is 0 Å². The van der Waals surface area contributed by atoms with Crippen LogP contribution >= 0.6 is 35.4 Å². The average molecular weight is 395 g/mol. The van der Waals surface area contributed by atoms with Gasteiger partial charge in [-0.15, -0.1) is 0 Å². The fourth-order valence-corrected chi connectivity index (χ4v) is 2.81. The molecule has 0 aliphatic rings. The molecule has 0 fully saturated rings. The molecule has 0 unspecified atom stereocenters. The molecule has 128 valence electrons. The topological polar surface area (TPSA) is 80.9 Å². The van der Waals surface area contributed by atoms with Gasteiger partial charge in [0, 0.05) is 5.02 Å². The van der Waals surface area contributed by atoms with Crippen molar-refractivity contribution in [1.29, 1.82) is 0 Å². The zero-order chi connectivity index (χ0) is 18.1. The molecule has 0 amide bonds. The molecule has 0 atom stereocenters. The highest BCUT2D eigenvalue weighted by molar-refractivity contribution is 7.71. The van der Waals surface area contributed by atoms with Gasteiger partial charge in [0.1, 0.15) is 10.8 Å². The van der Waals surface area contributed by atoms with E-state index in [-0.39, 0.29) is 10.5 Å². The SMILES string of the molecule is Cc1nn(-c2cccc(Cl)c2)c(Cl)c1/C=N/n1c(=S)[nH]nc(C)c1=O. The summed E-state index contributed by atoms with van der Waals surface area (Å²) in [7, 11) is 0. The van der Waals surface area contributed by atoms with Gasteiger partial charge < -0.3 is 0 Å². The second-order valence-corrected chi connectivity index (χ2v) is 6.34. The fourth-order valence-electron chi connectivity index (χ4n) is 2.13. The summed E-state index contributed by atoms with van der Waals surface area (Å²) in [5.74, 6) is 0. The second-order valence-electron chi connectivity index (χ2n) is 5.16. The first-order valence-corrected chi connectivity index (χ1v) is 8.28. The Morgan fingerprint density at radius 2 is 2.04 bits per heavy atom. The second kappa shape index (κ2) is 6.91. The third-order valence-electron chi connectivity index (χ3n) is 3.42. The van der Waals surface area contributed by atoms with Gasteiger partial charge in [0.2, 0.25) is 4.77 Å². The van der Waals surface area contributed by atoms with E-state index in [1.54, 1.807) is 36.7 Å². The molecule has 10 heteroatoms. The van der Waals surface area contributed by atoms with Crippen LogP contribution in [0.5, 0.6) is 0 Å². The number of hydrogen-bond acceptors (Lipinski definition) is 5. The third kappa shape index (κ3) is 3.41. The van der Waals surface area contributed by atoms with E-state index < -0.39 is 5.56 Å². The fraction of sp³-hybridized carbons (Fsp3) is 0.133. The molecule has 1 N–H and O–H groups in total. The van der Waals surface area contributed by atoms with E-state index in [9.17, 15) is 4.79 Å². The first-order chi connectivity index (χ1) is 11.9. The maximum atomic E-state index is 12.1. The Morgan fingerprint density at radius 1 is 1.28 bits per heavy atom. The summed E-state index contributed by atoms with van der Waals surface area (Å²) in [4.78, 5) is 12.1. The van der Waals surface area contributed by atoms with Crippen molar-refractivity contribution in [2.75, 3.05) is 0 Å². The van der Waals surface area contributed by atoms with E-state index in [0.29, 0.717) is 21.4 Å². The molecular weight excluding hydrogens is 383 g/mol. The number of benzene rings is 1. The molecule has 0 bridgehead atoms. The van der Waals surface area contributed by atoms with Gasteiger partial charge in [0.25, 0.3) is 5.56 Å². The number of aromatic nitrogens is 5. The Morgan fingerprint density at radius 3 is 2.76 bits per heavy atom. The van der Waals surface area contributed by atoms with Crippen molar-refractivity contribution in [2.45, 2.75) is 13.8 Å². The summed E-state index contributed by atoms with van der Waals surface area (Å²) < 4.78 is 2.68. The molecule has 3 rings (SSSR count). The van der Waals surface area contributed by atoms with Crippen molar-refractivity contribution in [3.8, 4) is 5.69 Å². The molecule has 0 aliphatic carbocycles. The van der Waals surface area contributed by atoms with Crippen LogP contribution in [0.15, 0.2) is 34.2 Å². The molecule has 1 aromatic carbocycles. The van der Waals surface area contributed by atoms with E-state index >= 15 is 0 Å². The van der Waals surface area contributed by atoms with Crippen LogP contribution in [0.4, 0.5) is 0 Å². The largest absolute Gasteiger partial charge is 0.296 e. The molecule has 3 aromatic rings. The lowest BCUT2D eigenvalue weighted by molar-refractivity contribution is 0.720. The standard InChI is InChI=1S/C15H12Cl2N6OS/c1-8-12(7-18-23-14(24)9(2)19-20-15(23)25)13(17)22(21-8)11-5-3-4-10(16)6-11/h3-7H,1-2H3,(H,20,25)/b18-7+. The molecule has 0 radical (unpaired) electrons. The smallest absolute Gasteiger partial charge is 0.265 e. The van der Waals surface area contributed by atoms with Gasteiger partial charge in [-0.3, -0.25) is 9.89 Å². The van der Waals surface area contributed by atoms with Gasteiger partial charge in [-0.05, 0) is 44.3 Å². The van der Waals surface area contributed by atoms with Gasteiger partial charge in [-0.2, -0.15) is 20.0 Å². The van der Waals surface area contributed by atoms with Gasteiger partial charge in [-0.25, -0.2) is 4.68 Å². The number of aryl methyl sites for hydroxylation is 2. The average Bonchev–Trinajstić information content (AvgIpc) is 2.86. The molecule has 7 nitrogen and oxygen atoms in total. The molecule has 0 aliphatic heterocycles. The van der Waals surface area contributed by atoms with Crippen LogP contribution in [0.25, 0.3) is 5.69 Å². The van der Waals surface area contributed by atoms with Crippen LogP contribution in [0.1, 0.15) is 17.0 Å². The highest BCUT2D eigenvalue weighted by Gasteiger charge is 2.14. The molecule has 2 heterocycles. The Hall–Kier alpha value is -2.29. The zero-order valence-electron chi connectivity index (χ0n) is 13.2. The minimum atomic E-state index is -0.406. The predicted octanol–water partition coefficient (Wildman–Crippen LogP) is 3.29.